The Morgan fingerprint density at radius 3 is 2.20 bits per heavy atom. The van der Waals surface area contributed by atoms with Crippen molar-refractivity contribution in [2.24, 2.45) is 17.1 Å². The minimum Gasteiger partial charge on any atom is -0.343 e. The van der Waals surface area contributed by atoms with Crippen LogP contribution in [0.5, 0.6) is 0 Å². The van der Waals surface area contributed by atoms with Crippen LogP contribution in [0.3, 0.4) is 0 Å². The first-order valence-corrected chi connectivity index (χ1v) is 8.20. The Hall–Kier alpha value is -2.02. The van der Waals surface area contributed by atoms with Crippen LogP contribution >= 0.6 is 0 Å². The normalized spacial score (nSPS) is 12.8. The van der Waals surface area contributed by atoms with Crippen molar-refractivity contribution < 1.29 is 18.4 Å². The second-order valence-electron chi connectivity index (χ2n) is 7.35. The van der Waals surface area contributed by atoms with Crippen LogP contribution in [-0.4, -0.2) is 42.9 Å². The Labute approximate surface area is 147 Å². The fourth-order valence-electron chi connectivity index (χ4n) is 2.46. The van der Waals surface area contributed by atoms with Crippen molar-refractivity contribution in [3.63, 3.8) is 0 Å². The van der Waals surface area contributed by atoms with Crippen LogP contribution in [0.4, 0.5) is 8.78 Å². The summed E-state index contributed by atoms with van der Waals surface area (Å²) in [5.74, 6) is -3.47. The summed E-state index contributed by atoms with van der Waals surface area (Å²) in [7, 11) is 1.62. The molecule has 0 radical (unpaired) electrons. The number of carbonyl (C=O) groups excluding carboxylic acids is 2. The number of amides is 2. The molecule has 25 heavy (non-hydrogen) atoms. The molecule has 0 aliphatic carbocycles. The first kappa shape index (κ1) is 21.0. The average molecular weight is 355 g/mol. The summed E-state index contributed by atoms with van der Waals surface area (Å²) in [6.45, 7) is 8.15. The summed E-state index contributed by atoms with van der Waals surface area (Å²) in [5, 5.41) is 2.46. The van der Waals surface area contributed by atoms with Crippen molar-refractivity contribution in [2.75, 3.05) is 20.1 Å². The minimum atomic E-state index is -0.968. The van der Waals surface area contributed by atoms with Crippen LogP contribution in [0.25, 0.3) is 0 Å². The zero-order valence-corrected chi connectivity index (χ0v) is 15.4. The lowest BCUT2D eigenvalue weighted by atomic mass is 9.92. The van der Waals surface area contributed by atoms with Crippen molar-refractivity contribution in [1.29, 1.82) is 0 Å². The molecule has 7 heteroatoms. The molecule has 1 rings (SSSR count). The topological polar surface area (TPSA) is 75.4 Å². The molecule has 0 bridgehead atoms. The molecule has 0 saturated heterocycles. The number of carbonyl (C=O) groups is 2. The highest BCUT2D eigenvalue weighted by atomic mass is 19.1. The molecule has 1 aromatic carbocycles. The molecule has 3 N–H and O–H groups in total. The number of rotatable bonds is 7. The highest BCUT2D eigenvalue weighted by Gasteiger charge is 2.31. The van der Waals surface area contributed by atoms with E-state index in [4.69, 9.17) is 5.73 Å². The Morgan fingerprint density at radius 2 is 1.76 bits per heavy atom. The number of benzene rings is 1. The van der Waals surface area contributed by atoms with Gasteiger partial charge in [0.05, 0.1) is 0 Å². The molecule has 0 aliphatic heterocycles. The van der Waals surface area contributed by atoms with Gasteiger partial charge in [-0.25, -0.2) is 8.78 Å². The van der Waals surface area contributed by atoms with E-state index in [1.807, 2.05) is 13.8 Å². The number of nitrogens with zero attached hydrogens (tertiary/aromatic N) is 1. The van der Waals surface area contributed by atoms with Gasteiger partial charge in [-0.1, -0.05) is 33.8 Å². The maximum Gasteiger partial charge on any atom is 0.257 e. The minimum absolute atomic E-state index is 0.255. The van der Waals surface area contributed by atoms with Crippen LogP contribution in [-0.2, 0) is 4.79 Å². The summed E-state index contributed by atoms with van der Waals surface area (Å²) in [4.78, 5) is 26.5. The standard InChI is InChI=1S/C18H27F2N3O2/c1-11(2)15(17(25)23(5)10-18(3,4)9-21)22-16(24)14-12(19)7-6-8-13(14)20/h6-8,11,15H,9-10,21H2,1-5H3,(H,22,24). The first-order valence-electron chi connectivity index (χ1n) is 8.20. The van der Waals surface area contributed by atoms with Gasteiger partial charge in [-0.05, 0) is 30.0 Å². The third-order valence-electron chi connectivity index (χ3n) is 4.00. The molecule has 1 aromatic rings. The number of halogens is 2. The van der Waals surface area contributed by atoms with Gasteiger partial charge in [-0.15, -0.1) is 0 Å². The zero-order chi connectivity index (χ0) is 19.4. The van der Waals surface area contributed by atoms with Gasteiger partial charge in [-0.3, -0.25) is 9.59 Å². The van der Waals surface area contributed by atoms with E-state index in [2.05, 4.69) is 5.32 Å². The maximum absolute atomic E-state index is 13.8. The molecule has 1 atom stereocenters. The lowest BCUT2D eigenvalue weighted by Crippen LogP contribution is -2.52. The van der Waals surface area contributed by atoms with Gasteiger partial charge in [0.15, 0.2) is 0 Å². The summed E-state index contributed by atoms with van der Waals surface area (Å²) in [5.41, 5.74) is 4.72. The molecule has 0 aliphatic rings. The van der Waals surface area contributed by atoms with E-state index in [9.17, 15) is 18.4 Å². The fraction of sp³-hybridized carbons (Fsp3) is 0.556. The highest BCUT2D eigenvalue weighted by molar-refractivity contribution is 5.98. The third kappa shape index (κ3) is 5.49. The van der Waals surface area contributed by atoms with Gasteiger partial charge >= 0.3 is 0 Å². The summed E-state index contributed by atoms with van der Waals surface area (Å²) in [6, 6.07) is 2.28. The SMILES string of the molecule is CC(C)C(NC(=O)c1c(F)cccc1F)C(=O)N(C)CC(C)(C)CN. The van der Waals surface area contributed by atoms with Gasteiger partial charge in [0.1, 0.15) is 23.2 Å². The van der Waals surface area contributed by atoms with E-state index < -0.39 is 29.1 Å². The Kier molecular flexibility index (Phi) is 7.05. The van der Waals surface area contributed by atoms with E-state index in [1.54, 1.807) is 20.9 Å². The number of nitrogens with one attached hydrogen (secondary N) is 1. The molecule has 0 fully saturated rings. The Bertz CT molecular complexity index is 612. The van der Waals surface area contributed by atoms with E-state index >= 15 is 0 Å². The van der Waals surface area contributed by atoms with Crippen molar-refractivity contribution in [2.45, 2.75) is 33.7 Å². The van der Waals surface area contributed by atoms with Gasteiger partial charge in [-0.2, -0.15) is 0 Å². The summed E-state index contributed by atoms with van der Waals surface area (Å²) >= 11 is 0. The van der Waals surface area contributed by atoms with E-state index in [1.165, 1.54) is 11.0 Å². The largest absolute Gasteiger partial charge is 0.343 e. The molecule has 0 aromatic heterocycles. The Morgan fingerprint density at radius 1 is 1.24 bits per heavy atom. The van der Waals surface area contributed by atoms with Gasteiger partial charge in [0, 0.05) is 13.6 Å². The monoisotopic (exact) mass is 355 g/mol. The first-order chi connectivity index (χ1) is 11.5. The van der Waals surface area contributed by atoms with Crippen LogP contribution < -0.4 is 11.1 Å². The van der Waals surface area contributed by atoms with Crippen LogP contribution in [0.1, 0.15) is 38.1 Å². The lowest BCUT2D eigenvalue weighted by molar-refractivity contribution is -0.134. The molecule has 140 valence electrons. The molecular formula is C18H27F2N3O2. The van der Waals surface area contributed by atoms with Gasteiger partial charge in [0.25, 0.3) is 5.91 Å². The second kappa shape index (κ2) is 8.38. The summed E-state index contributed by atoms with van der Waals surface area (Å²) < 4.78 is 27.5. The second-order valence-corrected chi connectivity index (χ2v) is 7.35. The molecular weight excluding hydrogens is 328 g/mol. The third-order valence-corrected chi connectivity index (χ3v) is 4.00. The number of hydrogen-bond donors (Lipinski definition) is 2. The average Bonchev–Trinajstić information content (AvgIpc) is 2.51. The predicted octanol–water partition coefficient (Wildman–Crippen LogP) is 2.16. The van der Waals surface area contributed by atoms with Crippen molar-refractivity contribution >= 4 is 11.8 Å². The van der Waals surface area contributed by atoms with Gasteiger partial charge < -0.3 is 16.0 Å². The maximum atomic E-state index is 13.8. The molecule has 0 heterocycles. The van der Waals surface area contributed by atoms with E-state index in [0.717, 1.165) is 12.1 Å². The molecule has 0 spiro atoms. The van der Waals surface area contributed by atoms with Crippen molar-refractivity contribution in [1.82, 2.24) is 10.2 Å². The summed E-state index contributed by atoms with van der Waals surface area (Å²) in [6.07, 6.45) is 0. The van der Waals surface area contributed by atoms with Crippen molar-refractivity contribution in [3.05, 3.63) is 35.4 Å². The van der Waals surface area contributed by atoms with Crippen LogP contribution in [0, 0.1) is 23.0 Å². The number of nitrogens with two attached hydrogens (primary N) is 1. The Balaban J connectivity index is 2.97. The highest BCUT2D eigenvalue weighted by Crippen LogP contribution is 2.17. The molecule has 2 amide bonds. The smallest absolute Gasteiger partial charge is 0.257 e. The fourth-order valence-corrected chi connectivity index (χ4v) is 2.46. The lowest BCUT2D eigenvalue weighted by Gasteiger charge is -2.32. The number of hydrogen-bond acceptors (Lipinski definition) is 3. The van der Waals surface area contributed by atoms with Crippen LogP contribution in [0.15, 0.2) is 18.2 Å². The van der Waals surface area contributed by atoms with Crippen molar-refractivity contribution in [3.8, 4) is 0 Å². The number of likely N-dealkylation sites (N-methyl/N-ethyl adjacent to an activating group) is 1. The van der Waals surface area contributed by atoms with E-state index in [0.29, 0.717) is 13.1 Å². The van der Waals surface area contributed by atoms with Gasteiger partial charge in [0.2, 0.25) is 5.91 Å². The zero-order valence-electron chi connectivity index (χ0n) is 15.4. The molecule has 0 saturated carbocycles. The quantitative estimate of drug-likeness (QED) is 0.787. The van der Waals surface area contributed by atoms with E-state index in [-0.39, 0.29) is 17.2 Å². The van der Waals surface area contributed by atoms with Crippen LogP contribution in [0.2, 0.25) is 0 Å². The molecule has 5 nitrogen and oxygen atoms in total. The molecule has 1 unspecified atom stereocenters. The predicted molar refractivity (Wildman–Crippen MR) is 92.9 cm³/mol.